The minimum absolute atomic E-state index is 0.264. The summed E-state index contributed by atoms with van der Waals surface area (Å²) in [6.07, 6.45) is -1.62. The third-order valence-electron chi connectivity index (χ3n) is 6.89. The number of ether oxygens (including phenoxy) is 3. The molecule has 1 saturated heterocycles. The van der Waals surface area contributed by atoms with Gasteiger partial charge in [0.1, 0.15) is 25.1 Å². The Morgan fingerprint density at radius 3 is 2.19 bits per heavy atom. The highest BCUT2D eigenvalue weighted by Gasteiger charge is 2.48. The molecule has 1 aliphatic rings. The molecule has 3 aromatic carbocycles. The van der Waals surface area contributed by atoms with E-state index in [0.717, 1.165) is 5.56 Å². The third kappa shape index (κ3) is 5.69. The van der Waals surface area contributed by atoms with Crippen LogP contribution in [0.1, 0.15) is 32.5 Å². The van der Waals surface area contributed by atoms with E-state index >= 15 is 0 Å². The minimum Gasteiger partial charge on any atom is -0.459 e. The quantitative estimate of drug-likeness (QED) is 0.254. The van der Waals surface area contributed by atoms with Crippen molar-refractivity contribution in [3.05, 3.63) is 120 Å². The highest BCUT2D eigenvalue weighted by Crippen LogP contribution is 2.34. The van der Waals surface area contributed by atoms with Crippen LogP contribution < -0.4 is 5.32 Å². The van der Waals surface area contributed by atoms with Gasteiger partial charge in [-0.05, 0) is 29.8 Å². The lowest BCUT2D eigenvalue weighted by Crippen LogP contribution is -2.38. The number of aliphatic hydroxyl groups excluding tert-OH is 1. The summed E-state index contributed by atoms with van der Waals surface area (Å²) in [5.41, 5.74) is 2.61. The Morgan fingerprint density at radius 1 is 0.857 bits per heavy atom. The van der Waals surface area contributed by atoms with E-state index in [4.69, 9.17) is 14.2 Å². The van der Waals surface area contributed by atoms with Gasteiger partial charge in [0.25, 0.3) is 0 Å². The number of carbonyl (C=O) groups is 2. The van der Waals surface area contributed by atoms with Gasteiger partial charge in [-0.3, -0.25) is 4.57 Å². The standard InChI is InChI=1S/C31H27N5O6/c37-25-26(42-31(39)22-14-8-3-9-15-22)23(17-40-30(38)21-12-6-2-7-13-21)41-29(25)36-19-35-24-27(33-18-34-28(24)36)32-16-20-10-4-1-5-11-20/h1-15,18-19,23,25-26,29,37H,16-17H2,(H,32,33,34)/t23-,25-,26-,29-/m1/s1. The lowest BCUT2D eigenvalue weighted by Gasteiger charge is -2.20. The van der Waals surface area contributed by atoms with Crippen molar-refractivity contribution >= 4 is 28.9 Å². The highest BCUT2D eigenvalue weighted by molar-refractivity contribution is 5.90. The molecule has 0 saturated carbocycles. The number of nitrogens with zero attached hydrogens (tertiary/aromatic N) is 4. The zero-order valence-electron chi connectivity index (χ0n) is 22.3. The number of anilines is 1. The van der Waals surface area contributed by atoms with Crippen molar-refractivity contribution in [2.75, 3.05) is 11.9 Å². The van der Waals surface area contributed by atoms with Gasteiger partial charge in [-0.15, -0.1) is 0 Å². The Morgan fingerprint density at radius 2 is 1.50 bits per heavy atom. The molecule has 2 aromatic heterocycles. The fraction of sp³-hybridized carbons (Fsp3) is 0.194. The molecule has 0 spiro atoms. The molecule has 5 aromatic rings. The zero-order chi connectivity index (χ0) is 28.9. The van der Waals surface area contributed by atoms with Crippen LogP contribution in [0.25, 0.3) is 11.2 Å². The molecular weight excluding hydrogens is 538 g/mol. The molecule has 3 heterocycles. The summed E-state index contributed by atoms with van der Waals surface area (Å²) in [7, 11) is 0. The highest BCUT2D eigenvalue weighted by atomic mass is 16.6. The molecular formula is C31H27N5O6. The summed E-state index contributed by atoms with van der Waals surface area (Å²) in [4.78, 5) is 38.8. The lowest BCUT2D eigenvalue weighted by atomic mass is 10.1. The second kappa shape index (κ2) is 12.2. The molecule has 6 rings (SSSR count). The fourth-order valence-corrected chi connectivity index (χ4v) is 4.76. The van der Waals surface area contributed by atoms with Gasteiger partial charge < -0.3 is 24.6 Å². The molecule has 0 unspecified atom stereocenters. The van der Waals surface area contributed by atoms with E-state index in [1.807, 2.05) is 30.3 Å². The van der Waals surface area contributed by atoms with Crippen LogP contribution in [-0.2, 0) is 20.8 Å². The van der Waals surface area contributed by atoms with Crippen LogP contribution in [0.15, 0.2) is 104 Å². The van der Waals surface area contributed by atoms with Crippen LogP contribution in [0, 0.1) is 0 Å². The molecule has 212 valence electrons. The molecule has 1 aliphatic heterocycles. The normalized spacial score (nSPS) is 19.8. The van der Waals surface area contributed by atoms with Gasteiger partial charge in [-0.25, -0.2) is 24.5 Å². The van der Waals surface area contributed by atoms with Crippen LogP contribution in [0.4, 0.5) is 5.82 Å². The number of benzene rings is 3. The Bertz CT molecular complexity index is 1670. The van der Waals surface area contributed by atoms with E-state index in [1.54, 1.807) is 65.2 Å². The number of fused-ring (bicyclic) bond motifs is 1. The maximum absolute atomic E-state index is 12.9. The van der Waals surface area contributed by atoms with E-state index in [2.05, 4.69) is 20.3 Å². The van der Waals surface area contributed by atoms with Gasteiger partial charge >= 0.3 is 11.9 Å². The molecule has 2 N–H and O–H groups in total. The molecule has 0 aliphatic carbocycles. The zero-order valence-corrected chi connectivity index (χ0v) is 22.3. The van der Waals surface area contributed by atoms with E-state index in [0.29, 0.717) is 34.7 Å². The number of esters is 2. The maximum atomic E-state index is 12.9. The first kappa shape index (κ1) is 27.1. The van der Waals surface area contributed by atoms with Crippen LogP contribution in [-0.4, -0.2) is 61.5 Å². The molecule has 0 amide bonds. The Balaban J connectivity index is 1.24. The van der Waals surface area contributed by atoms with Crippen LogP contribution in [0.2, 0.25) is 0 Å². The van der Waals surface area contributed by atoms with Gasteiger partial charge in [0.2, 0.25) is 0 Å². The summed E-state index contributed by atoms with van der Waals surface area (Å²) in [5.74, 6) is -0.704. The number of imidazole rings is 1. The average molecular weight is 566 g/mol. The monoisotopic (exact) mass is 565 g/mol. The van der Waals surface area contributed by atoms with Crippen molar-refractivity contribution in [2.24, 2.45) is 0 Å². The largest absolute Gasteiger partial charge is 0.459 e. The van der Waals surface area contributed by atoms with E-state index < -0.39 is 36.5 Å². The number of rotatable bonds is 9. The first-order valence-corrected chi connectivity index (χ1v) is 13.4. The van der Waals surface area contributed by atoms with Gasteiger partial charge in [-0.2, -0.15) is 0 Å². The lowest BCUT2D eigenvalue weighted by molar-refractivity contribution is -0.0585. The fourth-order valence-electron chi connectivity index (χ4n) is 4.76. The van der Waals surface area contributed by atoms with Gasteiger partial charge in [0.15, 0.2) is 29.3 Å². The molecule has 42 heavy (non-hydrogen) atoms. The van der Waals surface area contributed by atoms with Gasteiger partial charge in [0, 0.05) is 6.54 Å². The maximum Gasteiger partial charge on any atom is 0.338 e. The predicted molar refractivity (Wildman–Crippen MR) is 151 cm³/mol. The summed E-state index contributed by atoms with van der Waals surface area (Å²) >= 11 is 0. The van der Waals surface area contributed by atoms with Crippen LogP contribution in [0.3, 0.4) is 0 Å². The number of aliphatic hydroxyl groups is 1. The van der Waals surface area contributed by atoms with Crippen LogP contribution in [0.5, 0.6) is 0 Å². The van der Waals surface area contributed by atoms with Crippen LogP contribution >= 0.6 is 0 Å². The topological polar surface area (TPSA) is 138 Å². The molecule has 11 heteroatoms. The first-order valence-electron chi connectivity index (χ1n) is 13.4. The Labute approximate surface area is 240 Å². The summed E-state index contributed by atoms with van der Waals surface area (Å²) in [5, 5.41) is 14.7. The summed E-state index contributed by atoms with van der Waals surface area (Å²) in [6, 6.07) is 26.7. The van der Waals surface area contributed by atoms with Crippen molar-refractivity contribution in [1.29, 1.82) is 0 Å². The molecule has 11 nitrogen and oxygen atoms in total. The Kier molecular flexibility index (Phi) is 7.84. The van der Waals surface area contributed by atoms with Crippen molar-refractivity contribution < 1.29 is 28.9 Å². The molecule has 0 radical (unpaired) electrons. The molecule has 4 atom stereocenters. The van der Waals surface area contributed by atoms with Gasteiger partial charge in [-0.1, -0.05) is 66.7 Å². The van der Waals surface area contributed by atoms with E-state index in [-0.39, 0.29) is 6.61 Å². The summed E-state index contributed by atoms with van der Waals surface area (Å²) < 4.78 is 18.9. The SMILES string of the molecule is O=C(OC[C@H]1O[C@@H](n2cnc3c(NCc4ccccc4)ncnc32)[C@H](O)[C@@H]1OC(=O)c1ccccc1)c1ccccc1. The van der Waals surface area contributed by atoms with Crippen molar-refractivity contribution in [3.8, 4) is 0 Å². The average Bonchev–Trinajstić information content (AvgIpc) is 3.61. The molecule has 1 fully saturated rings. The smallest absolute Gasteiger partial charge is 0.338 e. The van der Waals surface area contributed by atoms with Crippen molar-refractivity contribution in [1.82, 2.24) is 19.5 Å². The number of hydrogen-bond acceptors (Lipinski definition) is 10. The predicted octanol–water partition coefficient (Wildman–Crippen LogP) is 3.78. The number of hydrogen-bond donors (Lipinski definition) is 2. The van der Waals surface area contributed by atoms with E-state index in [1.165, 1.54) is 12.7 Å². The Hall–Kier alpha value is -5.13. The number of aromatic nitrogens is 4. The second-order valence-electron chi connectivity index (χ2n) is 9.64. The summed E-state index contributed by atoms with van der Waals surface area (Å²) in [6.45, 7) is 0.258. The number of nitrogens with one attached hydrogen (secondary N) is 1. The second-order valence-corrected chi connectivity index (χ2v) is 9.64. The third-order valence-corrected chi connectivity index (χ3v) is 6.89. The molecule has 0 bridgehead atoms. The van der Waals surface area contributed by atoms with E-state index in [9.17, 15) is 14.7 Å². The minimum atomic E-state index is -1.33. The number of carbonyl (C=O) groups excluding carboxylic acids is 2. The van der Waals surface area contributed by atoms with Crippen molar-refractivity contribution in [3.63, 3.8) is 0 Å². The van der Waals surface area contributed by atoms with Crippen molar-refractivity contribution in [2.45, 2.75) is 31.1 Å². The van der Waals surface area contributed by atoms with Gasteiger partial charge in [0.05, 0.1) is 17.5 Å². The first-order chi connectivity index (χ1) is 20.6.